The van der Waals surface area contributed by atoms with E-state index in [2.05, 4.69) is 24.3 Å². The first-order valence-electron chi connectivity index (χ1n) is 7.16. The number of ether oxygens (including phenoxy) is 1. The van der Waals surface area contributed by atoms with Crippen LogP contribution in [-0.2, 0) is 0 Å². The van der Waals surface area contributed by atoms with Crippen molar-refractivity contribution in [1.29, 1.82) is 0 Å². The van der Waals surface area contributed by atoms with Gasteiger partial charge in [-0.2, -0.15) is 0 Å². The van der Waals surface area contributed by atoms with E-state index in [0.717, 1.165) is 31.4 Å². The minimum absolute atomic E-state index is 0.0522. The number of rotatable bonds is 2. The average molecular weight is 256 g/mol. The van der Waals surface area contributed by atoms with Gasteiger partial charge in [0, 0.05) is 0 Å². The molecule has 0 bridgehead atoms. The molecule has 2 atom stereocenters. The molecule has 1 aliphatic rings. The fourth-order valence-corrected chi connectivity index (χ4v) is 2.81. The van der Waals surface area contributed by atoms with Crippen LogP contribution >= 0.6 is 0 Å². The van der Waals surface area contributed by atoms with E-state index in [4.69, 9.17) is 4.74 Å². The van der Waals surface area contributed by atoms with E-state index >= 15 is 0 Å². The summed E-state index contributed by atoms with van der Waals surface area (Å²) in [6.45, 7) is 0. The Bertz CT molecular complexity index is 550. The predicted molar refractivity (Wildman–Crippen MR) is 77.5 cm³/mol. The lowest BCUT2D eigenvalue weighted by Crippen LogP contribution is -2.30. The van der Waals surface area contributed by atoms with Gasteiger partial charge in [-0.15, -0.1) is 0 Å². The van der Waals surface area contributed by atoms with Gasteiger partial charge in [-0.1, -0.05) is 43.2 Å². The van der Waals surface area contributed by atoms with Gasteiger partial charge in [-0.25, -0.2) is 0 Å². The van der Waals surface area contributed by atoms with Gasteiger partial charge >= 0.3 is 0 Å². The van der Waals surface area contributed by atoms with Crippen molar-refractivity contribution in [3.63, 3.8) is 0 Å². The highest BCUT2D eigenvalue weighted by atomic mass is 16.5. The van der Waals surface area contributed by atoms with Crippen molar-refractivity contribution in [3.05, 3.63) is 42.5 Å². The van der Waals surface area contributed by atoms with Crippen LogP contribution in [0.4, 0.5) is 0 Å². The molecule has 3 rings (SSSR count). The molecule has 2 aromatic rings. The van der Waals surface area contributed by atoms with Gasteiger partial charge in [0.25, 0.3) is 0 Å². The first-order valence-corrected chi connectivity index (χ1v) is 7.16. The number of benzene rings is 2. The van der Waals surface area contributed by atoms with Gasteiger partial charge in [0.2, 0.25) is 0 Å². The van der Waals surface area contributed by atoms with E-state index in [1.54, 1.807) is 0 Å². The maximum atomic E-state index is 10.1. The van der Waals surface area contributed by atoms with Gasteiger partial charge in [0.05, 0.1) is 6.10 Å². The van der Waals surface area contributed by atoms with Crippen LogP contribution in [-0.4, -0.2) is 17.3 Å². The summed E-state index contributed by atoms with van der Waals surface area (Å²) >= 11 is 0. The zero-order valence-electron chi connectivity index (χ0n) is 11.1. The lowest BCUT2D eigenvalue weighted by atomic mass is 10.1. The molecule has 0 aliphatic heterocycles. The molecule has 0 aromatic heterocycles. The Balaban J connectivity index is 1.80. The van der Waals surface area contributed by atoms with Crippen molar-refractivity contribution in [2.24, 2.45) is 0 Å². The summed E-state index contributed by atoms with van der Waals surface area (Å²) < 4.78 is 6.01. The molecule has 1 saturated carbocycles. The summed E-state index contributed by atoms with van der Waals surface area (Å²) in [6.07, 6.45) is 4.90. The summed E-state index contributed by atoms with van der Waals surface area (Å²) in [4.78, 5) is 0. The monoisotopic (exact) mass is 256 g/mol. The Morgan fingerprint density at radius 2 is 1.68 bits per heavy atom. The van der Waals surface area contributed by atoms with Crippen molar-refractivity contribution in [2.45, 2.75) is 44.3 Å². The highest BCUT2D eigenvalue weighted by molar-refractivity contribution is 5.83. The van der Waals surface area contributed by atoms with Crippen LogP contribution in [0.3, 0.4) is 0 Å². The number of hydrogen-bond acceptors (Lipinski definition) is 2. The third-order valence-corrected chi connectivity index (χ3v) is 3.93. The summed E-state index contributed by atoms with van der Waals surface area (Å²) in [5.41, 5.74) is 0. The summed E-state index contributed by atoms with van der Waals surface area (Å²) in [7, 11) is 0. The largest absolute Gasteiger partial charge is 0.488 e. The number of aliphatic hydroxyl groups excluding tert-OH is 1. The molecule has 2 heteroatoms. The van der Waals surface area contributed by atoms with E-state index in [-0.39, 0.29) is 12.2 Å². The van der Waals surface area contributed by atoms with Crippen LogP contribution in [0.25, 0.3) is 10.8 Å². The first-order chi connectivity index (χ1) is 9.33. The Morgan fingerprint density at radius 3 is 2.58 bits per heavy atom. The molecule has 1 fully saturated rings. The third-order valence-electron chi connectivity index (χ3n) is 3.93. The predicted octanol–water partition coefficient (Wildman–Crippen LogP) is 3.91. The minimum Gasteiger partial charge on any atom is -0.488 e. The first kappa shape index (κ1) is 12.5. The van der Waals surface area contributed by atoms with Gasteiger partial charge in [-0.3, -0.25) is 0 Å². The van der Waals surface area contributed by atoms with Crippen LogP contribution in [0.5, 0.6) is 5.75 Å². The normalized spacial score (nSPS) is 24.1. The van der Waals surface area contributed by atoms with Gasteiger partial charge in [0.1, 0.15) is 11.9 Å². The number of aliphatic hydroxyl groups is 1. The van der Waals surface area contributed by atoms with Gasteiger partial charge in [0.15, 0.2) is 0 Å². The molecule has 0 radical (unpaired) electrons. The second-order valence-corrected chi connectivity index (χ2v) is 5.37. The molecular formula is C17H20O2. The summed E-state index contributed by atoms with van der Waals surface area (Å²) in [5, 5.41) is 12.5. The van der Waals surface area contributed by atoms with Crippen molar-refractivity contribution in [1.82, 2.24) is 0 Å². The van der Waals surface area contributed by atoms with Crippen LogP contribution in [0, 0.1) is 0 Å². The number of hydrogen-bond donors (Lipinski definition) is 1. The topological polar surface area (TPSA) is 29.5 Å². The molecule has 19 heavy (non-hydrogen) atoms. The minimum atomic E-state index is -0.325. The Labute approximate surface area is 114 Å². The maximum absolute atomic E-state index is 10.1. The zero-order valence-corrected chi connectivity index (χ0v) is 11.1. The summed E-state index contributed by atoms with van der Waals surface area (Å²) in [6, 6.07) is 14.4. The second kappa shape index (κ2) is 5.62. The molecule has 1 N–H and O–H groups in total. The quantitative estimate of drug-likeness (QED) is 0.825. The SMILES string of the molecule is OC1CCCCCC1Oc1ccc2ccccc2c1. The Kier molecular flexibility index (Phi) is 3.69. The molecule has 100 valence electrons. The molecular weight excluding hydrogens is 236 g/mol. The van der Waals surface area contributed by atoms with Crippen LogP contribution < -0.4 is 4.74 Å². The standard InChI is InChI=1S/C17H20O2/c18-16-8-2-1-3-9-17(16)19-15-11-10-13-6-4-5-7-14(13)12-15/h4-7,10-12,16-18H,1-3,8-9H2. The van der Waals surface area contributed by atoms with Gasteiger partial charge in [-0.05, 0) is 42.2 Å². The molecule has 2 unspecified atom stereocenters. The van der Waals surface area contributed by atoms with Crippen LogP contribution in [0.1, 0.15) is 32.1 Å². The zero-order chi connectivity index (χ0) is 13.1. The lowest BCUT2D eigenvalue weighted by molar-refractivity contribution is 0.0320. The van der Waals surface area contributed by atoms with E-state index in [0.29, 0.717) is 0 Å². The second-order valence-electron chi connectivity index (χ2n) is 5.37. The van der Waals surface area contributed by atoms with E-state index in [1.165, 1.54) is 17.2 Å². The Morgan fingerprint density at radius 1 is 0.895 bits per heavy atom. The van der Waals surface area contributed by atoms with E-state index < -0.39 is 0 Å². The van der Waals surface area contributed by atoms with Crippen LogP contribution in [0.2, 0.25) is 0 Å². The fourth-order valence-electron chi connectivity index (χ4n) is 2.81. The van der Waals surface area contributed by atoms with E-state index in [1.807, 2.05) is 18.2 Å². The fraction of sp³-hybridized carbons (Fsp3) is 0.412. The van der Waals surface area contributed by atoms with Crippen molar-refractivity contribution >= 4 is 10.8 Å². The van der Waals surface area contributed by atoms with Crippen molar-refractivity contribution < 1.29 is 9.84 Å². The van der Waals surface area contributed by atoms with Crippen molar-refractivity contribution in [3.8, 4) is 5.75 Å². The molecule has 2 nitrogen and oxygen atoms in total. The Hall–Kier alpha value is -1.54. The highest BCUT2D eigenvalue weighted by Crippen LogP contribution is 2.26. The van der Waals surface area contributed by atoms with E-state index in [9.17, 15) is 5.11 Å². The van der Waals surface area contributed by atoms with Gasteiger partial charge < -0.3 is 9.84 Å². The molecule has 0 amide bonds. The average Bonchev–Trinajstić information content (AvgIpc) is 2.64. The molecule has 0 saturated heterocycles. The summed E-state index contributed by atoms with van der Waals surface area (Å²) in [5.74, 6) is 0.865. The highest BCUT2D eigenvalue weighted by Gasteiger charge is 2.23. The smallest absolute Gasteiger partial charge is 0.124 e. The third kappa shape index (κ3) is 2.90. The maximum Gasteiger partial charge on any atom is 0.124 e. The lowest BCUT2D eigenvalue weighted by Gasteiger charge is -2.22. The van der Waals surface area contributed by atoms with Crippen LogP contribution in [0.15, 0.2) is 42.5 Å². The van der Waals surface area contributed by atoms with Crippen molar-refractivity contribution in [2.75, 3.05) is 0 Å². The molecule has 0 spiro atoms. The number of fused-ring (bicyclic) bond motifs is 1. The molecule has 0 heterocycles. The molecule has 2 aromatic carbocycles. The molecule has 1 aliphatic carbocycles.